The molecule has 106 valence electrons. The molecule has 1 aromatic heterocycles. The van der Waals surface area contributed by atoms with Gasteiger partial charge in [0.1, 0.15) is 12.2 Å². The molecule has 0 aliphatic carbocycles. The van der Waals surface area contributed by atoms with E-state index in [4.69, 9.17) is 21.1 Å². The summed E-state index contributed by atoms with van der Waals surface area (Å²) in [5.74, 6) is 1.41. The maximum absolute atomic E-state index is 6.04. The van der Waals surface area contributed by atoms with Gasteiger partial charge in [0.2, 0.25) is 0 Å². The number of ether oxygens (including phenoxy) is 2. The van der Waals surface area contributed by atoms with Gasteiger partial charge in [0.25, 0.3) is 0 Å². The minimum absolute atomic E-state index is 0.0643. The first kappa shape index (κ1) is 13.7. The van der Waals surface area contributed by atoms with Crippen LogP contribution in [0.3, 0.4) is 0 Å². The first-order valence-electron chi connectivity index (χ1n) is 6.44. The first-order chi connectivity index (χ1) is 9.72. The summed E-state index contributed by atoms with van der Waals surface area (Å²) >= 11 is 7.61. The Hall–Kier alpha value is -1.30. The minimum Gasteiger partial charge on any atom is -0.484 e. The highest BCUT2D eigenvalue weighted by Crippen LogP contribution is 2.35. The SMILES string of the molecule is CC(Oc1ccc(Cl)cc1OC1CNC1)c1cncs1. The van der Waals surface area contributed by atoms with Crippen molar-refractivity contribution < 1.29 is 9.47 Å². The number of hydrogen-bond donors (Lipinski definition) is 1. The molecule has 20 heavy (non-hydrogen) atoms. The van der Waals surface area contributed by atoms with Crippen molar-refractivity contribution in [2.24, 2.45) is 0 Å². The molecule has 0 bridgehead atoms. The van der Waals surface area contributed by atoms with Gasteiger partial charge in [0.15, 0.2) is 11.5 Å². The van der Waals surface area contributed by atoms with Crippen molar-refractivity contribution in [3.05, 3.63) is 39.8 Å². The van der Waals surface area contributed by atoms with Crippen LogP contribution >= 0.6 is 22.9 Å². The number of halogens is 1. The predicted octanol–water partition coefficient (Wildman–Crippen LogP) is 3.29. The number of aromatic nitrogens is 1. The summed E-state index contributed by atoms with van der Waals surface area (Å²) in [6.07, 6.45) is 1.95. The van der Waals surface area contributed by atoms with Crippen LogP contribution in [-0.4, -0.2) is 24.2 Å². The van der Waals surface area contributed by atoms with E-state index in [-0.39, 0.29) is 12.2 Å². The van der Waals surface area contributed by atoms with E-state index in [1.165, 1.54) is 0 Å². The maximum atomic E-state index is 6.04. The van der Waals surface area contributed by atoms with Crippen LogP contribution in [-0.2, 0) is 0 Å². The van der Waals surface area contributed by atoms with Gasteiger partial charge in [-0.25, -0.2) is 0 Å². The van der Waals surface area contributed by atoms with Gasteiger partial charge in [-0.05, 0) is 19.1 Å². The lowest BCUT2D eigenvalue weighted by molar-refractivity contribution is 0.130. The Balaban J connectivity index is 1.77. The molecule has 1 atom stereocenters. The summed E-state index contributed by atoms with van der Waals surface area (Å²) < 4.78 is 11.9. The second kappa shape index (κ2) is 5.99. The number of nitrogens with one attached hydrogen (secondary N) is 1. The highest BCUT2D eigenvalue weighted by molar-refractivity contribution is 7.09. The molecule has 2 aromatic rings. The Morgan fingerprint density at radius 2 is 2.25 bits per heavy atom. The third kappa shape index (κ3) is 3.06. The van der Waals surface area contributed by atoms with Gasteiger partial charge < -0.3 is 14.8 Å². The van der Waals surface area contributed by atoms with Crippen molar-refractivity contribution >= 4 is 22.9 Å². The van der Waals surface area contributed by atoms with Crippen molar-refractivity contribution in [1.82, 2.24) is 10.3 Å². The molecule has 2 heterocycles. The van der Waals surface area contributed by atoms with Crippen LogP contribution < -0.4 is 14.8 Å². The van der Waals surface area contributed by atoms with Gasteiger partial charge in [-0.3, -0.25) is 4.98 Å². The molecule has 1 saturated heterocycles. The van der Waals surface area contributed by atoms with Gasteiger partial charge in [-0.2, -0.15) is 0 Å². The van der Waals surface area contributed by atoms with Crippen LogP contribution in [0.1, 0.15) is 17.9 Å². The Morgan fingerprint density at radius 1 is 1.40 bits per heavy atom. The fourth-order valence-electron chi connectivity index (χ4n) is 1.87. The number of hydrogen-bond acceptors (Lipinski definition) is 5. The molecule has 1 N–H and O–H groups in total. The van der Waals surface area contributed by atoms with E-state index in [0.29, 0.717) is 16.5 Å². The van der Waals surface area contributed by atoms with Gasteiger partial charge in [-0.15, -0.1) is 11.3 Å². The van der Waals surface area contributed by atoms with E-state index in [1.54, 1.807) is 22.9 Å². The zero-order chi connectivity index (χ0) is 13.9. The molecule has 1 aromatic carbocycles. The summed E-state index contributed by atoms with van der Waals surface area (Å²) in [5.41, 5.74) is 1.80. The number of nitrogens with zero attached hydrogens (tertiary/aromatic N) is 1. The van der Waals surface area contributed by atoms with Crippen molar-refractivity contribution in [3.63, 3.8) is 0 Å². The molecule has 0 radical (unpaired) electrons. The third-order valence-electron chi connectivity index (χ3n) is 3.10. The normalized spacial score (nSPS) is 16.5. The van der Waals surface area contributed by atoms with Crippen molar-refractivity contribution in [2.75, 3.05) is 13.1 Å². The van der Waals surface area contributed by atoms with Crippen molar-refractivity contribution in [2.45, 2.75) is 19.1 Å². The lowest BCUT2D eigenvalue weighted by atomic mass is 10.2. The number of benzene rings is 1. The Bertz CT molecular complexity index is 573. The van der Waals surface area contributed by atoms with E-state index in [2.05, 4.69) is 10.3 Å². The summed E-state index contributed by atoms with van der Waals surface area (Å²) in [5, 5.41) is 3.82. The Morgan fingerprint density at radius 3 is 2.90 bits per heavy atom. The molecule has 1 unspecified atom stereocenters. The molecule has 0 saturated carbocycles. The highest BCUT2D eigenvalue weighted by atomic mass is 35.5. The average Bonchev–Trinajstić information content (AvgIpc) is 2.90. The van der Waals surface area contributed by atoms with E-state index in [0.717, 1.165) is 18.0 Å². The first-order valence-corrected chi connectivity index (χ1v) is 7.70. The van der Waals surface area contributed by atoms with E-state index < -0.39 is 0 Å². The molecule has 1 aliphatic rings. The quantitative estimate of drug-likeness (QED) is 0.920. The molecule has 3 rings (SSSR count). The fraction of sp³-hybridized carbons (Fsp3) is 0.357. The van der Waals surface area contributed by atoms with Crippen molar-refractivity contribution in [3.8, 4) is 11.5 Å². The molecule has 6 heteroatoms. The van der Waals surface area contributed by atoms with Gasteiger partial charge in [-0.1, -0.05) is 11.6 Å². The zero-order valence-corrected chi connectivity index (χ0v) is 12.6. The zero-order valence-electron chi connectivity index (χ0n) is 11.0. The molecule has 4 nitrogen and oxygen atoms in total. The van der Waals surface area contributed by atoms with Crippen LogP contribution in [0, 0.1) is 0 Å². The van der Waals surface area contributed by atoms with Gasteiger partial charge in [0.05, 0.1) is 10.4 Å². The fourth-order valence-corrected chi connectivity index (χ4v) is 2.64. The lowest BCUT2D eigenvalue weighted by Crippen LogP contribution is -2.50. The summed E-state index contributed by atoms with van der Waals surface area (Å²) in [7, 11) is 0. The van der Waals surface area contributed by atoms with Crippen LogP contribution in [0.4, 0.5) is 0 Å². The smallest absolute Gasteiger partial charge is 0.163 e. The summed E-state index contributed by atoms with van der Waals surface area (Å²) in [4.78, 5) is 5.15. The monoisotopic (exact) mass is 310 g/mol. The molecular weight excluding hydrogens is 296 g/mol. The summed E-state index contributed by atoms with van der Waals surface area (Å²) in [6, 6.07) is 5.46. The number of thiazole rings is 1. The molecule has 1 fully saturated rings. The second-order valence-electron chi connectivity index (χ2n) is 4.65. The van der Waals surface area contributed by atoms with E-state index in [1.807, 2.05) is 25.3 Å². The van der Waals surface area contributed by atoms with E-state index >= 15 is 0 Å². The largest absolute Gasteiger partial charge is 0.484 e. The minimum atomic E-state index is -0.0643. The molecule has 0 spiro atoms. The predicted molar refractivity (Wildman–Crippen MR) is 79.9 cm³/mol. The molecular formula is C14H15ClN2O2S. The van der Waals surface area contributed by atoms with Gasteiger partial charge in [0, 0.05) is 30.4 Å². The van der Waals surface area contributed by atoms with Gasteiger partial charge >= 0.3 is 0 Å². The molecule has 0 amide bonds. The average molecular weight is 311 g/mol. The highest BCUT2D eigenvalue weighted by Gasteiger charge is 2.21. The molecule has 1 aliphatic heterocycles. The standard InChI is InChI=1S/C14H15ClN2O2S/c1-9(14-7-17-8-20-14)18-12-3-2-10(15)4-13(12)19-11-5-16-6-11/h2-4,7-9,11,16H,5-6H2,1H3. The Kier molecular flexibility index (Phi) is 4.10. The Labute approximate surface area is 126 Å². The van der Waals surface area contributed by atoms with Crippen molar-refractivity contribution in [1.29, 1.82) is 0 Å². The summed E-state index contributed by atoms with van der Waals surface area (Å²) in [6.45, 7) is 3.71. The van der Waals surface area contributed by atoms with Crippen LogP contribution in [0.25, 0.3) is 0 Å². The third-order valence-corrected chi connectivity index (χ3v) is 4.27. The van der Waals surface area contributed by atoms with Crippen LogP contribution in [0.5, 0.6) is 11.5 Å². The second-order valence-corrected chi connectivity index (χ2v) is 6.01. The lowest BCUT2D eigenvalue weighted by Gasteiger charge is -2.29. The van der Waals surface area contributed by atoms with Crippen LogP contribution in [0.2, 0.25) is 5.02 Å². The van der Waals surface area contributed by atoms with E-state index in [9.17, 15) is 0 Å². The topological polar surface area (TPSA) is 43.4 Å². The maximum Gasteiger partial charge on any atom is 0.163 e. The number of rotatable bonds is 5. The van der Waals surface area contributed by atoms with Crippen LogP contribution in [0.15, 0.2) is 29.9 Å².